The number of aromatic amines is 1. The van der Waals surface area contributed by atoms with Gasteiger partial charge >= 0.3 is 11.4 Å². The van der Waals surface area contributed by atoms with Gasteiger partial charge in [0.05, 0.1) is 11.5 Å². The van der Waals surface area contributed by atoms with Gasteiger partial charge in [0.15, 0.2) is 11.2 Å². The lowest BCUT2D eigenvalue weighted by molar-refractivity contribution is -0.385. The molecule has 0 aromatic carbocycles. The molecule has 0 amide bonds. The monoisotopic (exact) mass is 361 g/mol. The minimum Gasteiger partial charge on any atom is -0.321 e. The smallest absolute Gasteiger partial charge is 0.321 e. The van der Waals surface area contributed by atoms with E-state index in [-0.39, 0.29) is 12.2 Å². The SMILES string of the molecule is CCCCn1c(=O)[nH]c(=O)c2c1nc(Cn1cc([N+](=O)[O-])cn1)n2CC. The van der Waals surface area contributed by atoms with Crippen molar-refractivity contribution in [2.24, 2.45) is 0 Å². The third-order valence-corrected chi connectivity index (χ3v) is 4.15. The zero-order valence-corrected chi connectivity index (χ0v) is 14.5. The Kier molecular flexibility index (Phi) is 4.69. The van der Waals surface area contributed by atoms with E-state index >= 15 is 0 Å². The number of hydrogen-bond donors (Lipinski definition) is 1. The molecule has 1 N–H and O–H groups in total. The molecule has 3 rings (SSSR count). The van der Waals surface area contributed by atoms with Crippen LogP contribution in [0.4, 0.5) is 5.69 Å². The average Bonchev–Trinajstić information content (AvgIpc) is 3.20. The predicted octanol–water partition coefficient (Wildman–Crippen LogP) is 0.859. The van der Waals surface area contributed by atoms with Crippen molar-refractivity contribution in [3.63, 3.8) is 0 Å². The van der Waals surface area contributed by atoms with Gasteiger partial charge < -0.3 is 4.57 Å². The molecule has 0 aliphatic heterocycles. The molecule has 0 unspecified atom stereocenters. The molecule has 11 heteroatoms. The number of nitro groups is 1. The van der Waals surface area contributed by atoms with Crippen molar-refractivity contribution < 1.29 is 4.92 Å². The average molecular weight is 361 g/mol. The van der Waals surface area contributed by atoms with E-state index in [9.17, 15) is 19.7 Å². The summed E-state index contributed by atoms with van der Waals surface area (Å²) in [5.74, 6) is 0.502. The van der Waals surface area contributed by atoms with E-state index in [0.717, 1.165) is 19.0 Å². The summed E-state index contributed by atoms with van der Waals surface area (Å²) >= 11 is 0. The molecule has 3 heterocycles. The van der Waals surface area contributed by atoms with Crippen molar-refractivity contribution >= 4 is 16.9 Å². The number of nitrogens with one attached hydrogen (secondary N) is 1. The second kappa shape index (κ2) is 6.94. The van der Waals surface area contributed by atoms with Crippen molar-refractivity contribution in [2.45, 2.75) is 46.3 Å². The molecule has 0 fully saturated rings. The fraction of sp³-hybridized carbons (Fsp3) is 0.467. The first-order chi connectivity index (χ1) is 12.5. The topological polar surface area (TPSA) is 134 Å². The van der Waals surface area contributed by atoms with Crippen LogP contribution in [-0.2, 0) is 19.6 Å². The second-order valence-electron chi connectivity index (χ2n) is 5.86. The number of imidazole rings is 1. The molecule has 11 nitrogen and oxygen atoms in total. The van der Waals surface area contributed by atoms with E-state index in [1.54, 1.807) is 4.57 Å². The van der Waals surface area contributed by atoms with Crippen molar-refractivity contribution in [3.8, 4) is 0 Å². The third kappa shape index (κ3) is 3.03. The Balaban J connectivity index is 2.13. The Hall–Kier alpha value is -3.24. The Morgan fingerprint density at radius 2 is 2.04 bits per heavy atom. The Morgan fingerprint density at radius 3 is 2.65 bits per heavy atom. The number of hydrogen-bond acceptors (Lipinski definition) is 6. The number of rotatable bonds is 7. The fourth-order valence-electron chi connectivity index (χ4n) is 2.88. The number of H-pyrrole nitrogens is 1. The predicted molar refractivity (Wildman–Crippen MR) is 93.2 cm³/mol. The van der Waals surface area contributed by atoms with E-state index in [1.165, 1.54) is 15.4 Å². The summed E-state index contributed by atoms with van der Waals surface area (Å²) in [7, 11) is 0. The van der Waals surface area contributed by atoms with E-state index in [0.29, 0.717) is 30.1 Å². The van der Waals surface area contributed by atoms with Crippen LogP contribution >= 0.6 is 0 Å². The summed E-state index contributed by atoms with van der Waals surface area (Å²) in [6.07, 6.45) is 4.13. The number of unbranched alkanes of at least 4 members (excludes halogenated alkanes) is 1. The minimum atomic E-state index is -0.528. The van der Waals surface area contributed by atoms with Crippen molar-refractivity contribution in [3.05, 3.63) is 49.2 Å². The van der Waals surface area contributed by atoms with E-state index in [1.807, 2.05) is 13.8 Å². The van der Waals surface area contributed by atoms with Gasteiger partial charge in [-0.1, -0.05) is 13.3 Å². The minimum absolute atomic E-state index is 0.123. The standard InChI is InChI=1S/C15H19N7O4/c1-3-5-6-21-13-12(14(23)18-15(21)24)20(4-2)11(17-13)9-19-8-10(7-16-19)22(25)26/h7-8H,3-6,9H2,1-2H3,(H,18,23,24). The van der Waals surface area contributed by atoms with Gasteiger partial charge in [-0.15, -0.1) is 0 Å². The van der Waals surface area contributed by atoms with Gasteiger partial charge in [-0.3, -0.25) is 29.1 Å². The first-order valence-electron chi connectivity index (χ1n) is 8.35. The maximum Gasteiger partial charge on any atom is 0.330 e. The van der Waals surface area contributed by atoms with Crippen LogP contribution in [-0.4, -0.2) is 33.8 Å². The molecule has 0 aliphatic carbocycles. The summed E-state index contributed by atoms with van der Waals surface area (Å²) in [6.45, 7) is 4.93. The van der Waals surface area contributed by atoms with E-state index in [2.05, 4.69) is 15.1 Å². The summed E-state index contributed by atoms with van der Waals surface area (Å²) in [5, 5.41) is 14.8. The second-order valence-corrected chi connectivity index (χ2v) is 5.86. The van der Waals surface area contributed by atoms with Gasteiger partial charge in [0.2, 0.25) is 0 Å². The van der Waals surface area contributed by atoms with Crippen LogP contribution in [0.25, 0.3) is 11.2 Å². The zero-order chi connectivity index (χ0) is 18.8. The first-order valence-corrected chi connectivity index (χ1v) is 8.35. The Morgan fingerprint density at radius 1 is 1.27 bits per heavy atom. The van der Waals surface area contributed by atoms with Crippen LogP contribution < -0.4 is 11.2 Å². The fourth-order valence-corrected chi connectivity index (χ4v) is 2.88. The lowest BCUT2D eigenvalue weighted by atomic mass is 10.3. The molecule has 0 saturated carbocycles. The van der Waals surface area contributed by atoms with Crippen LogP contribution in [0, 0.1) is 10.1 Å². The maximum atomic E-state index is 12.3. The van der Waals surface area contributed by atoms with Crippen LogP contribution in [0.15, 0.2) is 22.0 Å². The van der Waals surface area contributed by atoms with Crippen LogP contribution in [0.2, 0.25) is 0 Å². The zero-order valence-electron chi connectivity index (χ0n) is 14.5. The van der Waals surface area contributed by atoms with E-state index in [4.69, 9.17) is 0 Å². The molecule has 0 aliphatic rings. The number of aryl methyl sites for hydroxylation is 2. The third-order valence-electron chi connectivity index (χ3n) is 4.15. The van der Waals surface area contributed by atoms with Gasteiger partial charge in [0.25, 0.3) is 5.56 Å². The summed E-state index contributed by atoms with van der Waals surface area (Å²) in [4.78, 5) is 41.6. The summed E-state index contributed by atoms with van der Waals surface area (Å²) < 4.78 is 4.54. The maximum absolute atomic E-state index is 12.3. The van der Waals surface area contributed by atoms with Crippen molar-refractivity contribution in [1.29, 1.82) is 0 Å². The normalized spacial score (nSPS) is 11.3. The molecule has 0 spiro atoms. The first kappa shape index (κ1) is 17.6. The molecule has 26 heavy (non-hydrogen) atoms. The Labute approximate surface area is 147 Å². The van der Waals surface area contributed by atoms with Gasteiger partial charge in [-0.05, 0) is 13.3 Å². The van der Waals surface area contributed by atoms with Crippen molar-refractivity contribution in [2.75, 3.05) is 0 Å². The van der Waals surface area contributed by atoms with Crippen LogP contribution in [0.3, 0.4) is 0 Å². The Bertz CT molecular complexity index is 1070. The molecule has 0 atom stereocenters. The highest BCUT2D eigenvalue weighted by atomic mass is 16.6. The largest absolute Gasteiger partial charge is 0.330 e. The van der Waals surface area contributed by atoms with E-state index < -0.39 is 16.2 Å². The lowest BCUT2D eigenvalue weighted by Gasteiger charge is -2.06. The highest BCUT2D eigenvalue weighted by Gasteiger charge is 2.19. The lowest BCUT2D eigenvalue weighted by Crippen LogP contribution is -2.31. The number of aromatic nitrogens is 6. The quantitative estimate of drug-likeness (QED) is 0.490. The molecule has 3 aromatic rings. The van der Waals surface area contributed by atoms with Gasteiger partial charge in [-0.2, -0.15) is 5.10 Å². The number of nitrogens with zero attached hydrogens (tertiary/aromatic N) is 6. The highest BCUT2D eigenvalue weighted by Crippen LogP contribution is 2.15. The number of fused-ring (bicyclic) bond motifs is 1. The summed E-state index contributed by atoms with van der Waals surface area (Å²) in [5.41, 5.74) is -0.463. The van der Waals surface area contributed by atoms with Crippen LogP contribution in [0.5, 0.6) is 0 Å². The summed E-state index contributed by atoms with van der Waals surface area (Å²) in [6, 6.07) is 0. The van der Waals surface area contributed by atoms with Crippen molar-refractivity contribution in [1.82, 2.24) is 28.9 Å². The van der Waals surface area contributed by atoms with Crippen LogP contribution in [0.1, 0.15) is 32.5 Å². The molecule has 0 radical (unpaired) electrons. The van der Waals surface area contributed by atoms with Gasteiger partial charge in [-0.25, -0.2) is 9.78 Å². The molecular weight excluding hydrogens is 342 g/mol. The molecule has 0 saturated heterocycles. The highest BCUT2D eigenvalue weighted by molar-refractivity contribution is 5.71. The van der Waals surface area contributed by atoms with Gasteiger partial charge in [0, 0.05) is 13.1 Å². The molecule has 3 aromatic heterocycles. The molecular formula is C15H19N7O4. The molecule has 138 valence electrons. The molecule has 0 bridgehead atoms. The van der Waals surface area contributed by atoms with Gasteiger partial charge in [0.1, 0.15) is 18.2 Å².